The second kappa shape index (κ2) is 8.48. The summed E-state index contributed by atoms with van der Waals surface area (Å²) in [6, 6.07) is 15.6. The Morgan fingerprint density at radius 2 is 2.00 bits per heavy atom. The van der Waals surface area contributed by atoms with E-state index in [-0.39, 0.29) is 12.2 Å². The number of hydrogen-bond acceptors (Lipinski definition) is 6. The van der Waals surface area contributed by atoms with Gasteiger partial charge in [0, 0.05) is 18.2 Å². The molecule has 0 fully saturated rings. The quantitative estimate of drug-likeness (QED) is 0.382. The summed E-state index contributed by atoms with van der Waals surface area (Å²) in [6.07, 6.45) is 3.95. The monoisotopic (exact) mass is 441 g/mol. The van der Waals surface area contributed by atoms with Crippen molar-refractivity contribution in [1.29, 1.82) is 5.26 Å². The van der Waals surface area contributed by atoms with Crippen molar-refractivity contribution < 1.29 is 4.79 Å². The number of rotatable bonds is 6. The van der Waals surface area contributed by atoms with Crippen LogP contribution in [0.4, 0.5) is 0 Å². The van der Waals surface area contributed by atoms with Crippen LogP contribution in [0, 0.1) is 25.2 Å². The van der Waals surface area contributed by atoms with Crippen molar-refractivity contribution >= 4 is 17.1 Å². The van der Waals surface area contributed by atoms with Crippen LogP contribution >= 0.6 is 11.3 Å². The van der Waals surface area contributed by atoms with Crippen molar-refractivity contribution in [1.82, 2.24) is 20.0 Å². The molecular weight excluding hydrogens is 418 g/mol. The third kappa shape index (κ3) is 4.36. The van der Waals surface area contributed by atoms with Crippen molar-refractivity contribution in [3.63, 3.8) is 0 Å². The van der Waals surface area contributed by atoms with Gasteiger partial charge >= 0.3 is 0 Å². The molecule has 2 heterocycles. The van der Waals surface area contributed by atoms with Crippen molar-refractivity contribution in [3.8, 4) is 22.3 Å². The Morgan fingerprint density at radius 3 is 2.72 bits per heavy atom. The molecule has 0 atom stereocenters. The molecule has 7 heteroatoms. The van der Waals surface area contributed by atoms with Gasteiger partial charge in [0.2, 0.25) is 0 Å². The van der Waals surface area contributed by atoms with Crippen LogP contribution in [-0.4, -0.2) is 25.8 Å². The molecule has 0 spiro atoms. The van der Waals surface area contributed by atoms with Crippen molar-refractivity contribution in [3.05, 3.63) is 82.1 Å². The Labute approximate surface area is 191 Å². The maximum atomic E-state index is 13.0. The largest absolute Gasteiger partial charge is 0.294 e. The van der Waals surface area contributed by atoms with Gasteiger partial charge in [-0.2, -0.15) is 5.26 Å². The summed E-state index contributed by atoms with van der Waals surface area (Å²) in [5, 5.41) is 19.0. The standard InChI is InChI=1S/C25H23N5OS/c1-16-8-9-18(11-23(31)19-6-5-7-20(12-19)25(3,4)15-26)10-22(16)30-14-21(28-29-30)24-13-27-17(2)32-24/h5-10,12-14H,11H2,1-4H3. The number of Topliss-reactive ketones (excluding diaryl/α,β-unsaturated/α-hetero) is 1. The Kier molecular flexibility index (Phi) is 5.72. The first kappa shape index (κ1) is 21.6. The van der Waals surface area contributed by atoms with Crippen LogP contribution in [-0.2, 0) is 11.8 Å². The molecule has 0 saturated heterocycles. The zero-order chi connectivity index (χ0) is 22.9. The van der Waals surface area contributed by atoms with Gasteiger partial charge in [0.15, 0.2) is 5.78 Å². The molecule has 0 aliphatic rings. The molecule has 160 valence electrons. The lowest BCUT2D eigenvalue weighted by Crippen LogP contribution is -2.15. The third-order valence-corrected chi connectivity index (χ3v) is 6.37. The van der Waals surface area contributed by atoms with E-state index in [0.717, 1.165) is 38.0 Å². The molecular formula is C25H23N5OS. The first-order valence-corrected chi connectivity index (χ1v) is 11.1. The number of aromatic nitrogens is 4. The Morgan fingerprint density at radius 1 is 1.19 bits per heavy atom. The fraction of sp³-hybridized carbons (Fsp3) is 0.240. The predicted molar refractivity (Wildman–Crippen MR) is 125 cm³/mol. The number of hydrogen-bond donors (Lipinski definition) is 0. The molecule has 4 aromatic rings. The van der Waals surface area contributed by atoms with Crippen LogP contribution in [0.3, 0.4) is 0 Å². The van der Waals surface area contributed by atoms with Crippen LogP contribution in [0.1, 0.15) is 45.9 Å². The number of nitrogens with zero attached hydrogens (tertiary/aromatic N) is 5. The third-order valence-electron chi connectivity index (χ3n) is 5.44. The first-order valence-electron chi connectivity index (χ1n) is 10.3. The second-order valence-corrected chi connectivity index (χ2v) is 9.57. The van der Waals surface area contributed by atoms with Crippen LogP contribution in [0.25, 0.3) is 16.3 Å². The Bertz CT molecular complexity index is 1340. The Hall–Kier alpha value is -3.63. The molecule has 2 aromatic heterocycles. The van der Waals surface area contributed by atoms with Crippen LogP contribution in [0.2, 0.25) is 0 Å². The number of thiazole rings is 1. The average molecular weight is 442 g/mol. The van der Waals surface area contributed by atoms with Gasteiger partial charge in [0.05, 0.1) is 33.3 Å². The van der Waals surface area contributed by atoms with Gasteiger partial charge in [0.1, 0.15) is 5.69 Å². The summed E-state index contributed by atoms with van der Waals surface area (Å²) in [5.74, 6) is 0.00908. The molecule has 4 rings (SSSR count). The van der Waals surface area contributed by atoms with Gasteiger partial charge in [-0.3, -0.25) is 4.79 Å². The Balaban J connectivity index is 1.59. The van der Waals surface area contributed by atoms with Crippen molar-refractivity contribution in [2.45, 2.75) is 39.5 Å². The van der Waals surface area contributed by atoms with Gasteiger partial charge in [-0.1, -0.05) is 35.5 Å². The molecule has 32 heavy (non-hydrogen) atoms. The molecule has 2 aromatic carbocycles. The van der Waals surface area contributed by atoms with Gasteiger partial charge in [-0.15, -0.1) is 16.4 Å². The minimum Gasteiger partial charge on any atom is -0.294 e. The molecule has 0 radical (unpaired) electrons. The highest BCUT2D eigenvalue weighted by Crippen LogP contribution is 2.26. The summed E-state index contributed by atoms with van der Waals surface area (Å²) in [6.45, 7) is 7.67. The number of benzene rings is 2. The van der Waals surface area contributed by atoms with E-state index in [1.807, 2.05) is 70.3 Å². The van der Waals surface area contributed by atoms with E-state index in [2.05, 4.69) is 21.4 Å². The smallest absolute Gasteiger partial charge is 0.167 e. The molecule has 0 amide bonds. The minimum absolute atomic E-state index is 0.00908. The van der Waals surface area contributed by atoms with Crippen LogP contribution < -0.4 is 0 Å². The van der Waals surface area contributed by atoms with Crippen LogP contribution in [0.15, 0.2) is 54.9 Å². The zero-order valence-electron chi connectivity index (χ0n) is 18.5. The van der Waals surface area contributed by atoms with Crippen molar-refractivity contribution in [2.75, 3.05) is 0 Å². The van der Waals surface area contributed by atoms with Crippen LogP contribution in [0.5, 0.6) is 0 Å². The summed E-state index contributed by atoms with van der Waals surface area (Å²) in [5.41, 5.74) is 4.39. The van der Waals surface area contributed by atoms with Gasteiger partial charge < -0.3 is 0 Å². The predicted octanol–water partition coefficient (Wildman–Crippen LogP) is 5.23. The number of nitriles is 1. The van der Waals surface area contributed by atoms with E-state index < -0.39 is 5.41 Å². The maximum absolute atomic E-state index is 13.0. The number of carbonyl (C=O) groups excluding carboxylic acids is 1. The fourth-order valence-electron chi connectivity index (χ4n) is 3.42. The molecule has 6 nitrogen and oxygen atoms in total. The van der Waals surface area contributed by atoms with Gasteiger partial charge in [-0.05, 0) is 56.5 Å². The van der Waals surface area contributed by atoms with E-state index in [1.54, 1.807) is 28.3 Å². The molecule has 0 bridgehead atoms. The highest BCUT2D eigenvalue weighted by Gasteiger charge is 2.21. The van der Waals surface area contributed by atoms with E-state index in [1.165, 1.54) is 0 Å². The van der Waals surface area contributed by atoms with E-state index in [4.69, 9.17) is 0 Å². The summed E-state index contributed by atoms with van der Waals surface area (Å²) < 4.78 is 1.74. The molecule has 0 aliphatic carbocycles. The molecule has 0 aliphatic heterocycles. The lowest BCUT2D eigenvalue weighted by molar-refractivity contribution is 0.0993. The lowest BCUT2D eigenvalue weighted by Gasteiger charge is -2.16. The number of carbonyl (C=O) groups is 1. The van der Waals surface area contributed by atoms with E-state index in [0.29, 0.717) is 5.56 Å². The van der Waals surface area contributed by atoms with Gasteiger partial charge in [0.25, 0.3) is 0 Å². The average Bonchev–Trinajstić information content (AvgIpc) is 3.44. The van der Waals surface area contributed by atoms with Gasteiger partial charge in [-0.25, -0.2) is 9.67 Å². The first-order chi connectivity index (χ1) is 15.3. The molecule has 0 N–H and O–H groups in total. The lowest BCUT2D eigenvalue weighted by atomic mass is 9.85. The normalized spacial score (nSPS) is 11.3. The number of ketones is 1. The second-order valence-electron chi connectivity index (χ2n) is 8.33. The zero-order valence-corrected chi connectivity index (χ0v) is 19.3. The van der Waals surface area contributed by atoms with E-state index in [9.17, 15) is 10.1 Å². The van der Waals surface area contributed by atoms with Crippen molar-refractivity contribution in [2.24, 2.45) is 0 Å². The fourth-order valence-corrected chi connectivity index (χ4v) is 4.15. The highest BCUT2D eigenvalue weighted by molar-refractivity contribution is 7.15. The maximum Gasteiger partial charge on any atom is 0.167 e. The number of aryl methyl sites for hydroxylation is 2. The molecule has 0 unspecified atom stereocenters. The molecule has 0 saturated carbocycles. The summed E-state index contributed by atoms with van der Waals surface area (Å²) in [4.78, 5) is 18.2. The summed E-state index contributed by atoms with van der Waals surface area (Å²) >= 11 is 1.58. The SMILES string of the molecule is Cc1ncc(-c2cn(-c3cc(CC(=O)c4cccc(C(C)(C)C#N)c4)ccc3C)nn2)s1. The minimum atomic E-state index is -0.644. The summed E-state index contributed by atoms with van der Waals surface area (Å²) in [7, 11) is 0. The highest BCUT2D eigenvalue weighted by atomic mass is 32.1. The van der Waals surface area contributed by atoms with E-state index >= 15 is 0 Å². The topological polar surface area (TPSA) is 84.5 Å².